The molecule has 0 fully saturated rings. The Bertz CT molecular complexity index is 301. The SMILES string of the molecule is Cc1cc(NC(=O)CSCCO)on1. The number of rotatable bonds is 5. The molecule has 6 heteroatoms. The largest absolute Gasteiger partial charge is 0.396 e. The van der Waals surface area contributed by atoms with Crippen LogP contribution in [0.15, 0.2) is 10.6 Å². The molecular formula is C8H12N2O3S. The van der Waals surface area contributed by atoms with Gasteiger partial charge in [0.1, 0.15) is 0 Å². The van der Waals surface area contributed by atoms with Crippen molar-refractivity contribution in [1.29, 1.82) is 0 Å². The standard InChI is InChI=1S/C8H12N2O3S/c1-6-4-8(13-10-6)9-7(12)5-14-3-2-11/h4,11H,2-3,5H2,1H3,(H,9,12). The summed E-state index contributed by atoms with van der Waals surface area (Å²) in [5, 5.41) is 14.7. The summed E-state index contributed by atoms with van der Waals surface area (Å²) in [5.74, 6) is 1.07. The van der Waals surface area contributed by atoms with E-state index in [-0.39, 0.29) is 12.5 Å². The number of thioether (sulfide) groups is 1. The number of nitrogens with one attached hydrogen (secondary N) is 1. The minimum absolute atomic E-state index is 0.0827. The van der Waals surface area contributed by atoms with Crippen LogP contribution < -0.4 is 5.32 Å². The first kappa shape index (κ1) is 11.1. The lowest BCUT2D eigenvalue weighted by Crippen LogP contribution is -2.14. The molecule has 14 heavy (non-hydrogen) atoms. The number of aliphatic hydroxyl groups is 1. The van der Waals surface area contributed by atoms with E-state index >= 15 is 0 Å². The average Bonchev–Trinajstić information content (AvgIpc) is 2.52. The molecule has 0 saturated heterocycles. The third kappa shape index (κ3) is 3.80. The molecule has 0 atom stereocenters. The summed E-state index contributed by atoms with van der Waals surface area (Å²) in [4.78, 5) is 11.2. The van der Waals surface area contributed by atoms with Gasteiger partial charge in [0.05, 0.1) is 18.1 Å². The Hall–Kier alpha value is -1.01. The molecule has 1 amide bonds. The van der Waals surface area contributed by atoms with Crippen LogP contribution in [0.25, 0.3) is 0 Å². The van der Waals surface area contributed by atoms with Crippen LogP contribution in [-0.2, 0) is 4.79 Å². The van der Waals surface area contributed by atoms with Crippen molar-refractivity contribution in [3.05, 3.63) is 11.8 Å². The fourth-order valence-corrected chi connectivity index (χ4v) is 1.36. The predicted molar refractivity (Wildman–Crippen MR) is 54.3 cm³/mol. The van der Waals surface area contributed by atoms with E-state index in [4.69, 9.17) is 9.63 Å². The van der Waals surface area contributed by atoms with Gasteiger partial charge in [0.15, 0.2) is 0 Å². The van der Waals surface area contributed by atoms with Gasteiger partial charge in [0, 0.05) is 11.8 Å². The zero-order valence-corrected chi connectivity index (χ0v) is 8.63. The smallest absolute Gasteiger partial charge is 0.236 e. The molecule has 1 aromatic rings. The van der Waals surface area contributed by atoms with Gasteiger partial charge in [-0.05, 0) is 6.92 Å². The quantitative estimate of drug-likeness (QED) is 0.707. The summed E-state index contributed by atoms with van der Waals surface area (Å²) in [6.45, 7) is 1.86. The fraction of sp³-hybridized carbons (Fsp3) is 0.500. The van der Waals surface area contributed by atoms with Crippen LogP contribution in [0, 0.1) is 6.92 Å². The second-order valence-corrected chi connectivity index (χ2v) is 3.76. The summed E-state index contributed by atoms with van der Waals surface area (Å²) in [5.41, 5.74) is 0.725. The molecule has 0 unspecified atom stereocenters. The summed E-state index contributed by atoms with van der Waals surface area (Å²) in [6.07, 6.45) is 0. The molecule has 0 spiro atoms. The second-order valence-electron chi connectivity index (χ2n) is 2.66. The summed E-state index contributed by atoms with van der Waals surface area (Å²) < 4.78 is 4.80. The van der Waals surface area contributed by atoms with E-state index in [1.807, 2.05) is 0 Å². The lowest BCUT2D eigenvalue weighted by molar-refractivity contribution is -0.113. The third-order valence-electron chi connectivity index (χ3n) is 1.36. The number of amides is 1. The number of aliphatic hydroxyl groups excluding tert-OH is 1. The maximum Gasteiger partial charge on any atom is 0.236 e. The molecule has 0 bridgehead atoms. The maximum absolute atomic E-state index is 11.2. The molecule has 0 radical (unpaired) electrons. The number of anilines is 1. The van der Waals surface area contributed by atoms with Crippen LogP contribution in [0.4, 0.5) is 5.88 Å². The van der Waals surface area contributed by atoms with Gasteiger partial charge in [0.25, 0.3) is 0 Å². The molecule has 0 aliphatic rings. The summed E-state index contributed by atoms with van der Waals surface area (Å²) in [7, 11) is 0. The zero-order valence-electron chi connectivity index (χ0n) is 7.82. The van der Waals surface area contributed by atoms with Crippen LogP contribution in [0.2, 0.25) is 0 Å². The second kappa shape index (κ2) is 5.66. The molecule has 0 aromatic carbocycles. The van der Waals surface area contributed by atoms with E-state index in [1.54, 1.807) is 13.0 Å². The molecule has 0 aliphatic heterocycles. The first-order valence-electron chi connectivity index (χ1n) is 4.14. The van der Waals surface area contributed by atoms with E-state index in [2.05, 4.69) is 10.5 Å². The molecule has 78 valence electrons. The minimum atomic E-state index is -0.153. The molecular weight excluding hydrogens is 204 g/mol. The third-order valence-corrected chi connectivity index (χ3v) is 2.30. The number of nitrogens with zero attached hydrogens (tertiary/aromatic N) is 1. The molecule has 1 rings (SSSR count). The Balaban J connectivity index is 2.27. The van der Waals surface area contributed by atoms with Gasteiger partial charge in [-0.2, -0.15) is 0 Å². The van der Waals surface area contributed by atoms with E-state index in [9.17, 15) is 4.79 Å². The highest BCUT2D eigenvalue weighted by atomic mass is 32.2. The van der Waals surface area contributed by atoms with Gasteiger partial charge < -0.3 is 9.63 Å². The lowest BCUT2D eigenvalue weighted by atomic mass is 10.5. The van der Waals surface area contributed by atoms with Crippen LogP contribution in [0.5, 0.6) is 0 Å². The first-order chi connectivity index (χ1) is 6.72. The Labute approximate surface area is 85.9 Å². The molecule has 2 N–H and O–H groups in total. The van der Waals surface area contributed by atoms with E-state index in [1.165, 1.54) is 11.8 Å². The molecule has 0 saturated carbocycles. The van der Waals surface area contributed by atoms with Crippen molar-refractivity contribution in [3.8, 4) is 0 Å². The van der Waals surface area contributed by atoms with Crippen LogP contribution in [0.1, 0.15) is 5.69 Å². The van der Waals surface area contributed by atoms with Crippen molar-refractivity contribution in [1.82, 2.24) is 5.16 Å². The van der Waals surface area contributed by atoms with Crippen molar-refractivity contribution in [2.75, 3.05) is 23.4 Å². The van der Waals surface area contributed by atoms with E-state index in [0.29, 0.717) is 17.4 Å². The fourth-order valence-electron chi connectivity index (χ4n) is 0.825. The topological polar surface area (TPSA) is 75.4 Å². The van der Waals surface area contributed by atoms with Crippen molar-refractivity contribution in [3.63, 3.8) is 0 Å². The monoisotopic (exact) mass is 216 g/mol. The number of aromatic nitrogens is 1. The predicted octanol–water partition coefficient (Wildman–Crippen LogP) is 0.647. The maximum atomic E-state index is 11.2. The molecule has 0 aliphatic carbocycles. The Morgan fingerprint density at radius 1 is 1.79 bits per heavy atom. The normalized spacial score (nSPS) is 10.1. The lowest BCUT2D eigenvalue weighted by Gasteiger charge is -1.99. The first-order valence-corrected chi connectivity index (χ1v) is 5.29. The van der Waals surface area contributed by atoms with Gasteiger partial charge in [-0.3, -0.25) is 10.1 Å². The van der Waals surface area contributed by atoms with Crippen LogP contribution >= 0.6 is 11.8 Å². The van der Waals surface area contributed by atoms with Crippen LogP contribution in [-0.4, -0.2) is 34.3 Å². The van der Waals surface area contributed by atoms with Gasteiger partial charge in [-0.15, -0.1) is 11.8 Å². The Morgan fingerprint density at radius 3 is 3.14 bits per heavy atom. The average molecular weight is 216 g/mol. The summed E-state index contributed by atoms with van der Waals surface area (Å²) in [6, 6.07) is 1.65. The number of carbonyl (C=O) groups excluding carboxylic acids is 1. The van der Waals surface area contributed by atoms with Crippen molar-refractivity contribution >= 4 is 23.6 Å². The van der Waals surface area contributed by atoms with E-state index < -0.39 is 0 Å². The van der Waals surface area contributed by atoms with Crippen molar-refractivity contribution in [2.24, 2.45) is 0 Å². The van der Waals surface area contributed by atoms with E-state index in [0.717, 1.165) is 5.69 Å². The highest BCUT2D eigenvalue weighted by Gasteiger charge is 2.05. The summed E-state index contributed by atoms with van der Waals surface area (Å²) >= 11 is 1.36. The molecule has 1 heterocycles. The van der Waals surface area contributed by atoms with Crippen molar-refractivity contribution in [2.45, 2.75) is 6.92 Å². The molecule has 1 aromatic heterocycles. The number of hydrogen-bond donors (Lipinski definition) is 2. The number of aryl methyl sites for hydroxylation is 1. The Kier molecular flexibility index (Phi) is 4.48. The van der Waals surface area contributed by atoms with Crippen LogP contribution in [0.3, 0.4) is 0 Å². The minimum Gasteiger partial charge on any atom is -0.396 e. The highest BCUT2D eigenvalue weighted by molar-refractivity contribution is 7.99. The highest BCUT2D eigenvalue weighted by Crippen LogP contribution is 2.09. The van der Waals surface area contributed by atoms with Gasteiger partial charge >= 0.3 is 0 Å². The van der Waals surface area contributed by atoms with Gasteiger partial charge in [-0.1, -0.05) is 5.16 Å². The number of hydrogen-bond acceptors (Lipinski definition) is 5. The van der Waals surface area contributed by atoms with Crippen molar-refractivity contribution < 1.29 is 14.4 Å². The zero-order chi connectivity index (χ0) is 10.4. The van der Waals surface area contributed by atoms with Gasteiger partial charge in [0.2, 0.25) is 11.8 Å². The number of carbonyl (C=O) groups is 1. The molecule has 5 nitrogen and oxygen atoms in total. The van der Waals surface area contributed by atoms with Gasteiger partial charge in [-0.25, -0.2) is 0 Å². The Morgan fingerprint density at radius 2 is 2.57 bits per heavy atom.